The molecular formula is C14H18O8. The summed E-state index contributed by atoms with van der Waals surface area (Å²) in [5, 5.41) is 49.1. The molecule has 1 heterocycles. The highest BCUT2D eigenvalue weighted by atomic mass is 16.7. The first-order valence-electron chi connectivity index (χ1n) is 6.59. The molecule has 0 bridgehead atoms. The zero-order chi connectivity index (χ0) is 16.5. The van der Waals surface area contributed by atoms with Crippen molar-refractivity contribution in [2.45, 2.75) is 30.2 Å². The molecule has 5 N–H and O–H groups in total. The second-order valence-electron chi connectivity index (χ2n) is 5.03. The number of hydrogen-bond acceptors (Lipinski definition) is 8. The Morgan fingerprint density at radius 2 is 1.82 bits per heavy atom. The highest BCUT2D eigenvalue weighted by Crippen LogP contribution is 2.36. The van der Waals surface area contributed by atoms with Gasteiger partial charge in [-0.2, -0.15) is 0 Å². The number of aliphatic hydroxyl groups is 5. The van der Waals surface area contributed by atoms with Gasteiger partial charge in [-0.3, -0.25) is 0 Å². The van der Waals surface area contributed by atoms with Crippen LogP contribution in [0.25, 0.3) is 0 Å². The van der Waals surface area contributed by atoms with E-state index in [-0.39, 0.29) is 11.1 Å². The molecule has 1 aromatic carbocycles. The third-order valence-corrected chi connectivity index (χ3v) is 3.69. The van der Waals surface area contributed by atoms with Crippen LogP contribution < -0.4 is 0 Å². The zero-order valence-electron chi connectivity index (χ0n) is 11.8. The molecule has 1 unspecified atom stereocenters. The third-order valence-electron chi connectivity index (χ3n) is 3.69. The van der Waals surface area contributed by atoms with E-state index in [9.17, 15) is 25.2 Å². The lowest BCUT2D eigenvalue weighted by Gasteiger charge is -2.45. The predicted molar refractivity (Wildman–Crippen MR) is 71.7 cm³/mol. The van der Waals surface area contributed by atoms with Gasteiger partial charge in [0.2, 0.25) is 5.79 Å². The first kappa shape index (κ1) is 16.8. The van der Waals surface area contributed by atoms with Crippen LogP contribution in [0, 0.1) is 0 Å². The lowest BCUT2D eigenvalue weighted by Crippen LogP contribution is -2.63. The summed E-state index contributed by atoms with van der Waals surface area (Å²) in [7, 11) is 1.22. The van der Waals surface area contributed by atoms with E-state index in [1.165, 1.54) is 31.4 Å². The summed E-state index contributed by atoms with van der Waals surface area (Å²) < 4.78 is 9.71. The molecule has 1 fully saturated rings. The van der Waals surface area contributed by atoms with Gasteiger partial charge >= 0.3 is 5.97 Å². The van der Waals surface area contributed by atoms with E-state index in [0.717, 1.165) is 0 Å². The van der Waals surface area contributed by atoms with Crippen molar-refractivity contribution in [2.75, 3.05) is 13.7 Å². The van der Waals surface area contributed by atoms with Crippen LogP contribution in [0.15, 0.2) is 24.3 Å². The van der Waals surface area contributed by atoms with Crippen molar-refractivity contribution >= 4 is 5.97 Å². The molecule has 122 valence electrons. The maximum Gasteiger partial charge on any atom is 0.337 e. The number of methoxy groups -OCH3 is 1. The molecule has 2 rings (SSSR count). The molecule has 22 heavy (non-hydrogen) atoms. The van der Waals surface area contributed by atoms with Gasteiger partial charge in [-0.15, -0.1) is 0 Å². The average molecular weight is 314 g/mol. The number of ether oxygens (including phenoxy) is 2. The SMILES string of the molecule is COC(=O)c1ccc(C2(O)O[C@H](CO)[C@@H](O)[C@H](O)[C@H]2O)cc1. The van der Waals surface area contributed by atoms with Crippen LogP contribution in [0.2, 0.25) is 0 Å². The topological polar surface area (TPSA) is 137 Å². The van der Waals surface area contributed by atoms with Crippen molar-refractivity contribution < 1.29 is 39.8 Å². The van der Waals surface area contributed by atoms with Crippen LogP contribution >= 0.6 is 0 Å². The number of hydrogen-bond donors (Lipinski definition) is 5. The van der Waals surface area contributed by atoms with Crippen LogP contribution in [-0.4, -0.2) is 69.6 Å². The fourth-order valence-electron chi connectivity index (χ4n) is 2.36. The minimum atomic E-state index is -2.33. The maximum atomic E-state index is 11.4. The fraction of sp³-hybridized carbons (Fsp3) is 0.500. The summed E-state index contributed by atoms with van der Waals surface area (Å²) in [6, 6.07) is 5.32. The quantitative estimate of drug-likeness (QED) is 0.408. The number of rotatable bonds is 3. The summed E-state index contributed by atoms with van der Waals surface area (Å²) in [6.45, 7) is -0.659. The van der Waals surface area contributed by atoms with Gasteiger partial charge in [0.15, 0.2) is 0 Å². The van der Waals surface area contributed by atoms with Gasteiger partial charge < -0.3 is 35.0 Å². The Hall–Kier alpha value is -1.55. The Bertz CT molecular complexity index is 528. The highest BCUT2D eigenvalue weighted by Gasteiger charge is 2.53. The molecule has 8 nitrogen and oxygen atoms in total. The third kappa shape index (κ3) is 2.72. The molecule has 0 saturated carbocycles. The summed E-state index contributed by atoms with van der Waals surface area (Å²) in [5.41, 5.74) is 0.275. The van der Waals surface area contributed by atoms with Crippen molar-refractivity contribution in [3.05, 3.63) is 35.4 Å². The maximum absolute atomic E-state index is 11.4. The van der Waals surface area contributed by atoms with E-state index >= 15 is 0 Å². The normalized spacial score (nSPS) is 35.2. The van der Waals surface area contributed by atoms with Crippen molar-refractivity contribution in [3.63, 3.8) is 0 Å². The number of carbonyl (C=O) groups is 1. The van der Waals surface area contributed by atoms with Gasteiger partial charge in [0, 0.05) is 5.56 Å². The van der Waals surface area contributed by atoms with Crippen LogP contribution in [-0.2, 0) is 15.3 Å². The lowest BCUT2D eigenvalue weighted by atomic mass is 9.88. The Morgan fingerprint density at radius 1 is 1.23 bits per heavy atom. The molecule has 1 aromatic rings. The van der Waals surface area contributed by atoms with Crippen LogP contribution in [0.1, 0.15) is 15.9 Å². The summed E-state index contributed by atoms with van der Waals surface area (Å²) in [6.07, 6.45) is -6.37. The van der Waals surface area contributed by atoms with Gasteiger partial charge in [-0.1, -0.05) is 12.1 Å². The fourth-order valence-corrected chi connectivity index (χ4v) is 2.36. The van der Waals surface area contributed by atoms with Gasteiger partial charge in [-0.05, 0) is 12.1 Å². The van der Waals surface area contributed by atoms with Gasteiger partial charge in [0.25, 0.3) is 0 Å². The van der Waals surface area contributed by atoms with Gasteiger partial charge in [0.1, 0.15) is 24.4 Å². The highest BCUT2D eigenvalue weighted by molar-refractivity contribution is 5.89. The molecule has 0 radical (unpaired) electrons. The molecule has 1 saturated heterocycles. The number of benzene rings is 1. The Morgan fingerprint density at radius 3 is 2.32 bits per heavy atom. The molecule has 5 atom stereocenters. The molecule has 0 aromatic heterocycles. The lowest BCUT2D eigenvalue weighted by molar-refractivity contribution is -0.357. The summed E-state index contributed by atoms with van der Waals surface area (Å²) >= 11 is 0. The smallest absolute Gasteiger partial charge is 0.337 e. The van der Waals surface area contributed by atoms with E-state index in [2.05, 4.69) is 4.74 Å². The van der Waals surface area contributed by atoms with Crippen LogP contribution in [0.4, 0.5) is 0 Å². The van der Waals surface area contributed by atoms with Crippen LogP contribution in [0.3, 0.4) is 0 Å². The summed E-state index contributed by atoms with van der Waals surface area (Å²) in [4.78, 5) is 11.4. The monoisotopic (exact) mass is 314 g/mol. The first-order chi connectivity index (χ1) is 10.3. The van der Waals surface area contributed by atoms with E-state index in [1.54, 1.807) is 0 Å². The van der Waals surface area contributed by atoms with E-state index < -0.39 is 42.8 Å². The van der Waals surface area contributed by atoms with Crippen molar-refractivity contribution in [2.24, 2.45) is 0 Å². The molecule has 1 aliphatic heterocycles. The van der Waals surface area contributed by atoms with Crippen molar-refractivity contribution in [3.8, 4) is 0 Å². The van der Waals surface area contributed by atoms with Gasteiger partial charge in [0.05, 0.1) is 19.3 Å². The average Bonchev–Trinajstić information content (AvgIpc) is 2.55. The Balaban J connectivity index is 2.34. The molecule has 1 aliphatic rings. The van der Waals surface area contributed by atoms with E-state index in [4.69, 9.17) is 9.84 Å². The molecule has 8 heteroatoms. The standard InChI is InChI=1S/C14H18O8/c1-21-13(19)7-2-4-8(5-3-7)14(20)12(18)11(17)10(16)9(6-15)22-14/h2-5,9-12,15-18,20H,6H2,1H3/t9-,10-,11+,12-,14?/m1/s1. The molecule has 0 amide bonds. The predicted octanol–water partition coefficient (Wildman–Crippen LogP) is -1.91. The molecule has 0 aliphatic carbocycles. The second kappa shape index (κ2) is 6.29. The van der Waals surface area contributed by atoms with Crippen molar-refractivity contribution in [1.29, 1.82) is 0 Å². The van der Waals surface area contributed by atoms with Crippen molar-refractivity contribution in [1.82, 2.24) is 0 Å². The molecular weight excluding hydrogens is 296 g/mol. The number of esters is 1. The van der Waals surface area contributed by atoms with E-state index in [1.807, 2.05) is 0 Å². The number of carbonyl (C=O) groups excluding carboxylic acids is 1. The Labute approximate surface area is 126 Å². The summed E-state index contributed by atoms with van der Waals surface area (Å²) in [5.74, 6) is -2.91. The second-order valence-corrected chi connectivity index (χ2v) is 5.03. The Kier molecular flexibility index (Phi) is 4.81. The largest absolute Gasteiger partial charge is 0.465 e. The minimum Gasteiger partial charge on any atom is -0.465 e. The van der Waals surface area contributed by atoms with Gasteiger partial charge in [-0.25, -0.2) is 4.79 Å². The first-order valence-corrected chi connectivity index (χ1v) is 6.59. The number of aliphatic hydroxyl groups excluding tert-OH is 4. The minimum absolute atomic E-state index is 0.0528. The van der Waals surface area contributed by atoms with E-state index in [0.29, 0.717) is 0 Å². The zero-order valence-corrected chi connectivity index (χ0v) is 11.8. The van der Waals surface area contributed by atoms with Crippen LogP contribution in [0.5, 0.6) is 0 Å². The molecule has 0 spiro atoms.